The Hall–Kier alpha value is -4.23. The van der Waals surface area contributed by atoms with E-state index in [1.807, 2.05) is 60.7 Å². The topological polar surface area (TPSA) is 103 Å². The van der Waals surface area contributed by atoms with Gasteiger partial charge in [0, 0.05) is 18.0 Å². The zero-order chi connectivity index (χ0) is 32.2. The highest BCUT2D eigenvalue weighted by Gasteiger charge is 2.25. The van der Waals surface area contributed by atoms with Gasteiger partial charge in [0.25, 0.3) is 5.91 Å². The molecule has 0 radical (unpaired) electrons. The fourth-order valence-electron chi connectivity index (χ4n) is 5.83. The number of amides is 1. The maximum Gasteiger partial charge on any atom is 0.273 e. The van der Waals surface area contributed by atoms with Crippen LogP contribution >= 0.6 is 0 Å². The van der Waals surface area contributed by atoms with E-state index in [0.29, 0.717) is 11.1 Å². The first kappa shape index (κ1) is 33.7. The van der Waals surface area contributed by atoms with Crippen molar-refractivity contribution >= 4 is 33.7 Å². The van der Waals surface area contributed by atoms with Gasteiger partial charge >= 0.3 is 0 Å². The normalized spacial score (nSPS) is 12.8. The highest BCUT2D eigenvalue weighted by atomic mass is 16.3. The number of aromatic hydroxyl groups is 1. The van der Waals surface area contributed by atoms with Crippen LogP contribution in [-0.4, -0.2) is 18.1 Å². The van der Waals surface area contributed by atoms with Gasteiger partial charge < -0.3 is 10.8 Å². The monoisotopic (exact) mass is 607 g/mol. The molecule has 0 bridgehead atoms. The number of hydrazine groups is 1. The number of carbonyl (C=O) groups excluding carboxylic acids is 1. The van der Waals surface area contributed by atoms with Crippen molar-refractivity contribution in [3.8, 4) is 5.75 Å². The minimum absolute atomic E-state index is 0.126. The van der Waals surface area contributed by atoms with E-state index in [9.17, 15) is 9.90 Å². The number of phenols is 1. The summed E-state index contributed by atoms with van der Waals surface area (Å²) in [6.45, 7) is 6.56. The van der Waals surface area contributed by atoms with E-state index in [4.69, 9.17) is 5.73 Å². The third-order valence-electron chi connectivity index (χ3n) is 8.53. The first-order valence-corrected chi connectivity index (χ1v) is 16.5. The molecule has 0 fully saturated rings. The van der Waals surface area contributed by atoms with Crippen LogP contribution in [0.5, 0.6) is 5.75 Å². The number of fused-ring (bicyclic) bond motifs is 1. The Morgan fingerprint density at radius 3 is 2.24 bits per heavy atom. The molecule has 4 N–H and O–H groups in total. The lowest BCUT2D eigenvalue weighted by atomic mass is 9.82. The molecule has 45 heavy (non-hydrogen) atoms. The minimum Gasteiger partial charge on any atom is -0.505 e. The summed E-state index contributed by atoms with van der Waals surface area (Å²) in [5.41, 5.74) is 13.6. The molecule has 4 aromatic carbocycles. The van der Waals surface area contributed by atoms with Crippen LogP contribution in [0.3, 0.4) is 0 Å². The number of rotatable bonds is 16. The molecule has 1 unspecified atom stereocenters. The summed E-state index contributed by atoms with van der Waals surface area (Å²) in [5.74, 6) is -0.654. The number of nitrogens with zero attached hydrogens (tertiary/aromatic N) is 3. The summed E-state index contributed by atoms with van der Waals surface area (Å²) in [5, 5.41) is 23.4. The number of nitrogens with two attached hydrogens (primary N) is 1. The molecule has 0 spiro atoms. The SMILES string of the molecule is CCCCCCc1ccc(N(C)NC(=O)c2cc3ccccc3c(N=Nc3ccc(C(N)(CCC)CCCC)cc3)c2O)cc1. The third kappa shape index (κ3) is 8.70. The second kappa shape index (κ2) is 16.2. The van der Waals surface area contributed by atoms with Crippen molar-refractivity contribution < 1.29 is 9.90 Å². The van der Waals surface area contributed by atoms with Gasteiger partial charge in [0.2, 0.25) is 0 Å². The molecule has 0 heterocycles. The summed E-state index contributed by atoms with van der Waals surface area (Å²) >= 11 is 0. The van der Waals surface area contributed by atoms with Gasteiger partial charge in [0.15, 0.2) is 5.75 Å². The number of carbonyl (C=O) groups is 1. The molecule has 4 aromatic rings. The van der Waals surface area contributed by atoms with Crippen molar-refractivity contribution in [3.63, 3.8) is 0 Å². The molecule has 238 valence electrons. The Kier molecular flexibility index (Phi) is 12.1. The fourth-order valence-corrected chi connectivity index (χ4v) is 5.83. The lowest BCUT2D eigenvalue weighted by Crippen LogP contribution is -2.39. The average molecular weight is 608 g/mol. The Morgan fingerprint density at radius 2 is 1.56 bits per heavy atom. The van der Waals surface area contributed by atoms with Crippen LogP contribution in [0.4, 0.5) is 17.1 Å². The second-order valence-electron chi connectivity index (χ2n) is 12.1. The van der Waals surface area contributed by atoms with Crippen LogP contribution in [0.15, 0.2) is 89.1 Å². The van der Waals surface area contributed by atoms with E-state index in [2.05, 4.69) is 48.6 Å². The van der Waals surface area contributed by atoms with Crippen molar-refractivity contribution in [2.24, 2.45) is 16.0 Å². The van der Waals surface area contributed by atoms with Gasteiger partial charge in [-0.2, -0.15) is 5.11 Å². The van der Waals surface area contributed by atoms with Gasteiger partial charge in [0.05, 0.1) is 16.9 Å². The van der Waals surface area contributed by atoms with Crippen molar-refractivity contribution in [2.75, 3.05) is 12.1 Å². The highest BCUT2D eigenvalue weighted by molar-refractivity contribution is 6.07. The van der Waals surface area contributed by atoms with Gasteiger partial charge in [-0.15, -0.1) is 5.11 Å². The molecule has 7 nitrogen and oxygen atoms in total. The number of unbranched alkanes of at least 4 members (excludes halogenated alkanes) is 4. The quantitative estimate of drug-likeness (QED) is 0.0670. The fraction of sp³-hybridized carbons (Fsp3) is 0.395. The summed E-state index contributed by atoms with van der Waals surface area (Å²) in [6.07, 6.45) is 11.0. The average Bonchev–Trinajstić information content (AvgIpc) is 3.05. The number of nitrogens with one attached hydrogen (secondary N) is 1. The zero-order valence-electron chi connectivity index (χ0n) is 27.4. The lowest BCUT2D eigenvalue weighted by molar-refractivity contribution is 0.0949. The Balaban J connectivity index is 1.54. The Morgan fingerprint density at radius 1 is 0.844 bits per heavy atom. The van der Waals surface area contributed by atoms with Crippen LogP contribution in [0.25, 0.3) is 10.8 Å². The molecule has 0 aliphatic heterocycles. The predicted molar refractivity (Wildman–Crippen MR) is 187 cm³/mol. The summed E-state index contributed by atoms with van der Waals surface area (Å²) in [6, 6.07) is 25.3. The zero-order valence-corrected chi connectivity index (χ0v) is 27.4. The molecule has 0 aromatic heterocycles. The van der Waals surface area contributed by atoms with Crippen LogP contribution in [0, 0.1) is 0 Å². The van der Waals surface area contributed by atoms with E-state index in [1.165, 1.54) is 31.2 Å². The largest absolute Gasteiger partial charge is 0.505 e. The Bertz CT molecular complexity index is 1570. The van der Waals surface area contributed by atoms with E-state index >= 15 is 0 Å². The van der Waals surface area contributed by atoms with Crippen LogP contribution in [0.1, 0.15) is 100 Å². The van der Waals surface area contributed by atoms with Gasteiger partial charge in [-0.1, -0.05) is 108 Å². The number of phenolic OH excluding ortho intramolecular Hbond substituents is 1. The number of hydrogen-bond donors (Lipinski definition) is 3. The predicted octanol–water partition coefficient (Wildman–Crippen LogP) is 10.0. The number of hydrogen-bond acceptors (Lipinski definition) is 6. The smallest absolute Gasteiger partial charge is 0.273 e. The van der Waals surface area contributed by atoms with E-state index in [0.717, 1.165) is 55.2 Å². The summed E-state index contributed by atoms with van der Waals surface area (Å²) < 4.78 is 0. The third-order valence-corrected chi connectivity index (χ3v) is 8.53. The van der Waals surface area contributed by atoms with Crippen molar-refractivity contribution in [1.29, 1.82) is 0 Å². The number of benzene rings is 4. The van der Waals surface area contributed by atoms with Crippen LogP contribution in [-0.2, 0) is 12.0 Å². The van der Waals surface area contributed by atoms with Crippen molar-refractivity contribution in [2.45, 2.75) is 90.5 Å². The minimum atomic E-state index is -0.438. The molecule has 4 rings (SSSR count). The number of aryl methyl sites for hydroxylation is 1. The standard InChI is InChI=1S/C38H49N5O2/c1-5-8-10-11-14-28-17-23-32(24-18-28)43(4)42-37(45)34-27-29-15-12-13-16-33(29)35(36(34)44)41-40-31-21-19-30(20-22-31)38(39,25-7-3)26-9-6-2/h12-13,15-24,27,44H,5-11,14,25-26,39H2,1-4H3,(H,42,45). The lowest BCUT2D eigenvalue weighted by Gasteiger charge is -2.30. The maximum absolute atomic E-state index is 13.5. The molecule has 1 amide bonds. The molecule has 0 aliphatic carbocycles. The Labute approximate surface area is 268 Å². The first-order valence-electron chi connectivity index (χ1n) is 16.5. The first-order chi connectivity index (χ1) is 21.8. The molecule has 0 saturated heterocycles. The maximum atomic E-state index is 13.5. The van der Waals surface area contributed by atoms with Gasteiger partial charge in [-0.25, -0.2) is 0 Å². The van der Waals surface area contributed by atoms with E-state index in [-0.39, 0.29) is 22.5 Å². The molecule has 7 heteroatoms. The van der Waals surface area contributed by atoms with E-state index < -0.39 is 5.91 Å². The van der Waals surface area contributed by atoms with Gasteiger partial charge in [0.1, 0.15) is 5.69 Å². The second-order valence-corrected chi connectivity index (χ2v) is 12.1. The van der Waals surface area contributed by atoms with E-state index in [1.54, 1.807) is 18.1 Å². The van der Waals surface area contributed by atoms with Crippen molar-refractivity contribution in [1.82, 2.24) is 5.43 Å². The summed E-state index contributed by atoms with van der Waals surface area (Å²) in [4.78, 5) is 13.5. The molecular weight excluding hydrogens is 558 g/mol. The van der Waals surface area contributed by atoms with Gasteiger partial charge in [-0.05, 0) is 72.5 Å². The highest BCUT2D eigenvalue weighted by Crippen LogP contribution is 2.40. The van der Waals surface area contributed by atoms with Crippen molar-refractivity contribution in [3.05, 3.63) is 95.6 Å². The molecule has 1 atom stereocenters. The summed E-state index contributed by atoms with van der Waals surface area (Å²) in [7, 11) is 1.79. The number of azo groups is 1. The molecule has 0 aliphatic rings. The van der Waals surface area contributed by atoms with Gasteiger partial charge in [-0.3, -0.25) is 15.2 Å². The van der Waals surface area contributed by atoms with Crippen LogP contribution < -0.4 is 16.2 Å². The number of anilines is 1. The van der Waals surface area contributed by atoms with Crippen LogP contribution in [0.2, 0.25) is 0 Å². The molecular formula is C38H49N5O2. The molecule has 0 saturated carbocycles.